The zero-order chi connectivity index (χ0) is 12.4. The summed E-state index contributed by atoms with van der Waals surface area (Å²) >= 11 is 0. The summed E-state index contributed by atoms with van der Waals surface area (Å²) in [5.41, 5.74) is 0.743. The third-order valence-corrected chi connectivity index (χ3v) is 3.83. The van der Waals surface area contributed by atoms with Crippen molar-refractivity contribution >= 4 is 0 Å². The Morgan fingerprint density at radius 3 is 3.22 bits per heavy atom. The molecule has 0 amide bonds. The first-order valence-electron chi connectivity index (χ1n) is 6.55. The fourth-order valence-electron chi connectivity index (χ4n) is 2.81. The maximum absolute atomic E-state index is 8.89. The van der Waals surface area contributed by atoms with E-state index in [1.54, 1.807) is 0 Å². The van der Waals surface area contributed by atoms with Gasteiger partial charge in [-0.3, -0.25) is 0 Å². The highest BCUT2D eigenvalue weighted by molar-refractivity contribution is 4.97. The van der Waals surface area contributed by atoms with E-state index in [1.165, 1.54) is 0 Å². The van der Waals surface area contributed by atoms with Gasteiger partial charge < -0.3 is 14.6 Å². The van der Waals surface area contributed by atoms with Crippen LogP contribution in [0, 0.1) is 0 Å². The van der Waals surface area contributed by atoms with Crippen LogP contribution >= 0.6 is 0 Å². The Kier molecular flexibility index (Phi) is 3.32. The molecule has 0 radical (unpaired) electrons. The first kappa shape index (κ1) is 12.1. The number of nitrogens with zero attached hydrogens (tertiary/aromatic N) is 3. The maximum atomic E-state index is 8.89. The normalized spacial score (nSPS) is 32.2. The Labute approximate surface area is 106 Å². The smallest absolute Gasteiger partial charge is 0.0957 e. The monoisotopic (exact) mass is 253 g/mol. The molecule has 2 unspecified atom stereocenters. The molecular formula is C12H19N3O3. The lowest BCUT2D eigenvalue weighted by Gasteiger charge is -2.36. The van der Waals surface area contributed by atoms with Crippen LogP contribution in [0.5, 0.6) is 0 Å². The van der Waals surface area contributed by atoms with Gasteiger partial charge in [0.2, 0.25) is 0 Å². The van der Waals surface area contributed by atoms with Gasteiger partial charge in [0.25, 0.3) is 0 Å². The van der Waals surface area contributed by atoms with E-state index in [0.717, 1.165) is 38.2 Å². The molecule has 3 rings (SSSR count). The zero-order valence-corrected chi connectivity index (χ0v) is 10.4. The molecule has 1 aromatic rings. The summed E-state index contributed by atoms with van der Waals surface area (Å²) in [5.74, 6) is 0. The first-order valence-corrected chi connectivity index (χ1v) is 6.55. The van der Waals surface area contributed by atoms with E-state index in [1.807, 2.05) is 10.9 Å². The predicted octanol–water partition coefficient (Wildman–Crippen LogP) is 0.323. The third kappa shape index (κ3) is 2.28. The summed E-state index contributed by atoms with van der Waals surface area (Å²) < 4.78 is 13.3. The minimum Gasteiger partial charge on any atom is -0.396 e. The molecule has 3 heterocycles. The second kappa shape index (κ2) is 4.95. The van der Waals surface area contributed by atoms with Crippen LogP contribution < -0.4 is 0 Å². The first-order chi connectivity index (χ1) is 8.81. The van der Waals surface area contributed by atoms with Crippen molar-refractivity contribution in [2.75, 3.05) is 26.4 Å². The Morgan fingerprint density at radius 2 is 2.44 bits per heavy atom. The van der Waals surface area contributed by atoms with Gasteiger partial charge in [0.15, 0.2) is 0 Å². The number of hydrogen-bond acceptors (Lipinski definition) is 5. The number of rotatable bonds is 3. The molecule has 0 aromatic carbocycles. The summed E-state index contributed by atoms with van der Waals surface area (Å²) in [7, 11) is 0. The average molecular weight is 253 g/mol. The largest absolute Gasteiger partial charge is 0.396 e. The highest BCUT2D eigenvalue weighted by atomic mass is 16.6. The quantitative estimate of drug-likeness (QED) is 0.840. The molecule has 6 heteroatoms. The number of aliphatic hydroxyl groups is 1. The van der Waals surface area contributed by atoms with Gasteiger partial charge in [-0.1, -0.05) is 5.21 Å². The molecule has 2 aliphatic heterocycles. The standard InChI is InChI=1S/C12H19N3O3/c16-4-1-10-8-15(14-13-10)11-2-5-18-12(7-11)3-6-17-9-12/h8,11,16H,1-7,9H2. The fraction of sp³-hybridized carbons (Fsp3) is 0.833. The predicted molar refractivity (Wildman–Crippen MR) is 63.2 cm³/mol. The van der Waals surface area contributed by atoms with Crippen molar-refractivity contribution in [3.63, 3.8) is 0 Å². The van der Waals surface area contributed by atoms with Crippen molar-refractivity contribution < 1.29 is 14.6 Å². The average Bonchev–Trinajstić information content (AvgIpc) is 3.00. The summed E-state index contributed by atoms with van der Waals surface area (Å²) in [6.45, 7) is 2.36. The van der Waals surface area contributed by atoms with Crippen LogP contribution in [0.2, 0.25) is 0 Å². The van der Waals surface area contributed by atoms with Crippen molar-refractivity contribution in [3.8, 4) is 0 Å². The Hall–Kier alpha value is -0.980. The van der Waals surface area contributed by atoms with Crippen molar-refractivity contribution in [3.05, 3.63) is 11.9 Å². The number of aromatic nitrogens is 3. The fourth-order valence-corrected chi connectivity index (χ4v) is 2.81. The van der Waals surface area contributed by atoms with Gasteiger partial charge in [-0.15, -0.1) is 5.10 Å². The molecule has 1 N–H and O–H groups in total. The molecular weight excluding hydrogens is 234 g/mol. The lowest BCUT2D eigenvalue weighted by atomic mass is 9.90. The molecule has 2 saturated heterocycles. The van der Waals surface area contributed by atoms with Crippen LogP contribution in [-0.4, -0.2) is 52.1 Å². The van der Waals surface area contributed by atoms with Gasteiger partial charge in [0, 0.05) is 45.3 Å². The second-order valence-corrected chi connectivity index (χ2v) is 5.14. The molecule has 0 saturated carbocycles. The van der Waals surface area contributed by atoms with Gasteiger partial charge in [0.1, 0.15) is 0 Å². The van der Waals surface area contributed by atoms with E-state index >= 15 is 0 Å². The van der Waals surface area contributed by atoms with Crippen molar-refractivity contribution in [1.29, 1.82) is 0 Å². The SMILES string of the molecule is OCCc1cn(C2CCOC3(CCOC3)C2)nn1. The topological polar surface area (TPSA) is 69.4 Å². The van der Waals surface area contributed by atoms with Gasteiger partial charge >= 0.3 is 0 Å². The minimum atomic E-state index is -0.105. The summed E-state index contributed by atoms with van der Waals surface area (Å²) in [6, 6.07) is 0.334. The Bertz CT molecular complexity index is 401. The van der Waals surface area contributed by atoms with Crippen LogP contribution in [0.15, 0.2) is 6.20 Å². The molecule has 18 heavy (non-hydrogen) atoms. The maximum Gasteiger partial charge on any atom is 0.0957 e. The van der Waals surface area contributed by atoms with Gasteiger partial charge in [-0.25, -0.2) is 4.68 Å². The van der Waals surface area contributed by atoms with Crippen molar-refractivity contribution in [2.24, 2.45) is 0 Å². The minimum absolute atomic E-state index is 0.105. The van der Waals surface area contributed by atoms with E-state index in [9.17, 15) is 0 Å². The summed E-state index contributed by atoms with van der Waals surface area (Å²) in [5, 5.41) is 17.1. The number of hydrogen-bond donors (Lipinski definition) is 1. The molecule has 0 aliphatic carbocycles. The molecule has 0 bridgehead atoms. The highest BCUT2D eigenvalue weighted by Crippen LogP contribution is 2.37. The van der Waals surface area contributed by atoms with Gasteiger partial charge in [-0.2, -0.15) is 0 Å². The molecule has 100 valence electrons. The van der Waals surface area contributed by atoms with Crippen LogP contribution in [0.25, 0.3) is 0 Å². The second-order valence-electron chi connectivity index (χ2n) is 5.14. The third-order valence-electron chi connectivity index (χ3n) is 3.83. The van der Waals surface area contributed by atoms with E-state index in [4.69, 9.17) is 14.6 Å². The molecule has 1 spiro atoms. The zero-order valence-electron chi connectivity index (χ0n) is 10.4. The van der Waals surface area contributed by atoms with E-state index in [2.05, 4.69) is 10.3 Å². The van der Waals surface area contributed by atoms with Crippen molar-refractivity contribution in [2.45, 2.75) is 37.3 Å². The Morgan fingerprint density at radius 1 is 1.50 bits per heavy atom. The van der Waals surface area contributed by atoms with Crippen LogP contribution in [0.1, 0.15) is 31.0 Å². The van der Waals surface area contributed by atoms with Crippen molar-refractivity contribution in [1.82, 2.24) is 15.0 Å². The Balaban J connectivity index is 1.71. The lowest BCUT2D eigenvalue weighted by molar-refractivity contribution is -0.0964. The molecule has 1 aromatic heterocycles. The molecule has 2 aliphatic rings. The molecule has 2 fully saturated rings. The summed E-state index contributed by atoms with van der Waals surface area (Å²) in [6.07, 6.45) is 5.38. The lowest BCUT2D eigenvalue weighted by Crippen LogP contribution is -2.41. The van der Waals surface area contributed by atoms with Crippen LogP contribution in [0.4, 0.5) is 0 Å². The molecule has 6 nitrogen and oxygen atoms in total. The van der Waals surface area contributed by atoms with Crippen LogP contribution in [-0.2, 0) is 15.9 Å². The van der Waals surface area contributed by atoms with Gasteiger partial charge in [0.05, 0.1) is 23.9 Å². The van der Waals surface area contributed by atoms with Crippen LogP contribution in [0.3, 0.4) is 0 Å². The number of ether oxygens (including phenoxy) is 2. The highest BCUT2D eigenvalue weighted by Gasteiger charge is 2.41. The van der Waals surface area contributed by atoms with E-state index in [-0.39, 0.29) is 12.2 Å². The summed E-state index contributed by atoms with van der Waals surface area (Å²) in [4.78, 5) is 0. The van der Waals surface area contributed by atoms with E-state index in [0.29, 0.717) is 19.1 Å². The number of aliphatic hydroxyl groups excluding tert-OH is 1. The van der Waals surface area contributed by atoms with E-state index < -0.39 is 0 Å². The molecule has 2 atom stereocenters. The van der Waals surface area contributed by atoms with Gasteiger partial charge in [-0.05, 0) is 6.42 Å².